The van der Waals surface area contributed by atoms with Crippen LogP contribution in [0.4, 0.5) is 0 Å². The first-order valence-electron chi connectivity index (χ1n) is 18.0. The summed E-state index contributed by atoms with van der Waals surface area (Å²) in [6.07, 6.45) is 1.70. The van der Waals surface area contributed by atoms with Crippen LogP contribution in [0.2, 0.25) is 0 Å². The normalized spacial score (nSPS) is 19.8. The zero-order valence-corrected chi connectivity index (χ0v) is 35.4. The van der Waals surface area contributed by atoms with Gasteiger partial charge in [-0.2, -0.15) is 47.0 Å². The van der Waals surface area contributed by atoms with E-state index in [1.165, 1.54) is 28.4 Å². The van der Waals surface area contributed by atoms with E-state index in [-0.39, 0.29) is 30.5 Å². The molecule has 0 bridgehead atoms. The number of hydrogen-bond acceptors (Lipinski definition) is 18. The summed E-state index contributed by atoms with van der Waals surface area (Å²) in [4.78, 5) is 45.7. The predicted octanol–water partition coefficient (Wildman–Crippen LogP) is 4.28. The van der Waals surface area contributed by atoms with Crippen LogP contribution in [0.15, 0.2) is 0 Å². The molecule has 0 N–H and O–H groups in total. The van der Waals surface area contributed by atoms with Gasteiger partial charge >= 0.3 is 23.9 Å². The summed E-state index contributed by atoms with van der Waals surface area (Å²) in [6.45, 7) is 2.08. The summed E-state index contributed by atoms with van der Waals surface area (Å²) >= 11 is 6.67. The number of hydrogen-bond donors (Lipinski definition) is 0. The fraction of sp³-hybridized carbons (Fsp3) is 0.886. The molecule has 0 amide bonds. The van der Waals surface area contributed by atoms with Crippen LogP contribution in [0, 0.1) is 0 Å². The fourth-order valence-corrected chi connectivity index (χ4v) is 8.16. The van der Waals surface area contributed by atoms with Crippen molar-refractivity contribution >= 4 is 70.9 Å². The van der Waals surface area contributed by atoms with Gasteiger partial charge in [-0.05, 0) is 48.7 Å². The number of thioether (sulfide) groups is 4. The Morgan fingerprint density at radius 2 is 0.830 bits per heavy atom. The van der Waals surface area contributed by atoms with Crippen molar-refractivity contribution in [3.8, 4) is 0 Å². The molecule has 5 atom stereocenters. The van der Waals surface area contributed by atoms with E-state index in [9.17, 15) is 19.2 Å². The van der Waals surface area contributed by atoms with E-state index < -0.39 is 30.7 Å². The number of methoxy groups -OCH3 is 5. The second-order valence-corrected chi connectivity index (χ2v) is 16.4. The molecular weight excluding hydrogens is 773 g/mol. The second kappa shape index (κ2) is 34.3. The summed E-state index contributed by atoms with van der Waals surface area (Å²) in [5.74, 6) is 5.09. The van der Waals surface area contributed by atoms with Crippen molar-refractivity contribution in [1.82, 2.24) is 0 Å². The Morgan fingerprint density at radius 3 is 1.21 bits per heavy atom. The number of ether oxygens (including phenoxy) is 10. The van der Waals surface area contributed by atoms with Gasteiger partial charge in [-0.25, -0.2) is 0 Å². The van der Waals surface area contributed by atoms with Gasteiger partial charge in [0.2, 0.25) is 0 Å². The van der Waals surface area contributed by atoms with Gasteiger partial charge < -0.3 is 47.4 Å². The molecule has 0 aromatic carbocycles. The fourth-order valence-electron chi connectivity index (χ4n) is 4.81. The highest BCUT2D eigenvalue weighted by Crippen LogP contribution is 2.30. The maximum Gasteiger partial charge on any atom is 0.306 e. The zero-order chi connectivity index (χ0) is 38.9. The van der Waals surface area contributed by atoms with Crippen LogP contribution in [-0.4, -0.2) is 169 Å². The van der Waals surface area contributed by atoms with Crippen molar-refractivity contribution in [3.05, 3.63) is 0 Å². The monoisotopic (exact) mass is 834 g/mol. The Bertz CT molecular complexity index is 966. The molecule has 14 nitrogen and oxygen atoms in total. The summed E-state index contributed by atoms with van der Waals surface area (Å²) < 4.78 is 56.7. The maximum absolute atomic E-state index is 11.5. The zero-order valence-electron chi connectivity index (χ0n) is 32.1. The van der Waals surface area contributed by atoms with Gasteiger partial charge in [0.25, 0.3) is 0 Å². The second-order valence-electron chi connectivity index (χ2n) is 11.5. The molecule has 0 spiro atoms. The van der Waals surface area contributed by atoms with E-state index >= 15 is 0 Å². The summed E-state index contributed by atoms with van der Waals surface area (Å²) in [5.41, 5.74) is 0. The van der Waals surface area contributed by atoms with Crippen molar-refractivity contribution in [2.75, 3.05) is 115 Å². The third-order valence-electron chi connectivity index (χ3n) is 7.63. The minimum atomic E-state index is -0.724. The summed E-state index contributed by atoms with van der Waals surface area (Å²) in [7, 11) is 7.14. The lowest BCUT2D eigenvalue weighted by Crippen LogP contribution is -2.62. The van der Waals surface area contributed by atoms with Gasteiger partial charge in [0, 0.05) is 56.5 Å². The molecule has 0 saturated carbocycles. The highest BCUT2D eigenvalue weighted by atomic mass is 32.2. The molecule has 0 radical (unpaired) electrons. The molecule has 53 heavy (non-hydrogen) atoms. The van der Waals surface area contributed by atoms with E-state index in [0.29, 0.717) is 75.1 Å². The van der Waals surface area contributed by atoms with Gasteiger partial charge in [0.05, 0.1) is 60.7 Å². The van der Waals surface area contributed by atoms with Crippen molar-refractivity contribution in [1.29, 1.82) is 0 Å². The smallest absolute Gasteiger partial charge is 0.306 e. The van der Waals surface area contributed by atoms with Crippen LogP contribution < -0.4 is 0 Å². The molecule has 1 aliphatic heterocycles. The lowest BCUT2D eigenvalue weighted by Gasteiger charge is -2.45. The number of carbonyl (C=O) groups is 4. The molecule has 1 rings (SSSR count). The van der Waals surface area contributed by atoms with E-state index in [4.69, 9.17) is 47.4 Å². The minimum Gasteiger partial charge on any atom is -0.469 e. The topological polar surface area (TPSA) is 161 Å². The van der Waals surface area contributed by atoms with Gasteiger partial charge in [0.1, 0.15) is 24.4 Å². The average Bonchev–Trinajstić information content (AvgIpc) is 3.17. The molecule has 0 aromatic rings. The van der Waals surface area contributed by atoms with E-state index in [1.54, 1.807) is 54.2 Å². The molecule has 1 aliphatic rings. The highest BCUT2D eigenvalue weighted by molar-refractivity contribution is 7.99. The van der Waals surface area contributed by atoms with E-state index in [1.807, 2.05) is 0 Å². The van der Waals surface area contributed by atoms with Crippen molar-refractivity contribution in [3.63, 3.8) is 0 Å². The Kier molecular flexibility index (Phi) is 32.4. The molecule has 0 aromatic heterocycles. The number of esters is 4. The lowest BCUT2D eigenvalue weighted by molar-refractivity contribution is -0.318. The number of carbonyl (C=O) groups excluding carboxylic acids is 4. The van der Waals surface area contributed by atoms with Gasteiger partial charge in [-0.3, -0.25) is 19.2 Å². The molecular formula is C35H62O14S4. The first-order chi connectivity index (χ1) is 25.8. The van der Waals surface area contributed by atoms with Gasteiger partial charge in [-0.15, -0.1) is 0 Å². The summed E-state index contributed by atoms with van der Waals surface area (Å²) in [6, 6.07) is 0. The minimum absolute atomic E-state index is 0.215. The van der Waals surface area contributed by atoms with Gasteiger partial charge in [-0.1, -0.05) is 0 Å². The van der Waals surface area contributed by atoms with Crippen molar-refractivity contribution in [2.24, 2.45) is 0 Å². The standard InChI is InChI=1S/C35H62O14S4/c1-40-28(36)10-22-50-18-6-14-45-26-27-32(46-15-7-19-51-23-11-29(37)41-2)33(47-16-8-20-52-24-12-30(38)42-3)34(35(44-5)49-27)48-17-9-21-53-25-13-31(39)43-4/h27,32-35H,6-26H2,1-5H3/t27-,32-,33+,34-,35+/m1/s1. The van der Waals surface area contributed by atoms with Crippen molar-refractivity contribution < 1.29 is 66.5 Å². The largest absolute Gasteiger partial charge is 0.469 e. The quantitative estimate of drug-likeness (QED) is 0.0513. The molecule has 0 unspecified atom stereocenters. The molecule has 18 heteroatoms. The first kappa shape index (κ1) is 50.1. The van der Waals surface area contributed by atoms with Gasteiger partial charge in [0.15, 0.2) is 6.29 Å². The SMILES string of the molecule is COC(=O)CCSCCCOC[C@H]1O[C@H](OC)[C@H](OCCCSCCC(=O)OC)[C@@H](OCCCSCCC(=O)OC)[C@@H]1OCCCSCCC(=O)OC. The van der Waals surface area contributed by atoms with Crippen LogP contribution in [0.25, 0.3) is 0 Å². The van der Waals surface area contributed by atoms with Crippen LogP contribution in [0.1, 0.15) is 51.4 Å². The van der Waals surface area contributed by atoms with Crippen LogP contribution >= 0.6 is 47.0 Å². The lowest BCUT2D eigenvalue weighted by atomic mass is 9.98. The number of rotatable bonds is 34. The summed E-state index contributed by atoms with van der Waals surface area (Å²) in [5, 5.41) is 0. The van der Waals surface area contributed by atoms with Crippen LogP contribution in [0.5, 0.6) is 0 Å². The average molecular weight is 835 g/mol. The Hall–Kier alpha value is -0.960. The third kappa shape index (κ3) is 25.0. The third-order valence-corrected chi connectivity index (χ3v) is 11.9. The molecule has 310 valence electrons. The Balaban J connectivity index is 2.92. The van der Waals surface area contributed by atoms with E-state index in [0.717, 1.165) is 48.7 Å². The Labute approximate surface area is 332 Å². The Morgan fingerprint density at radius 1 is 0.472 bits per heavy atom. The van der Waals surface area contributed by atoms with Crippen LogP contribution in [0.3, 0.4) is 0 Å². The first-order valence-corrected chi connectivity index (χ1v) is 22.6. The van der Waals surface area contributed by atoms with Crippen molar-refractivity contribution in [2.45, 2.75) is 82.1 Å². The molecule has 1 fully saturated rings. The van der Waals surface area contributed by atoms with E-state index in [2.05, 4.69) is 0 Å². The molecule has 1 saturated heterocycles. The highest BCUT2D eigenvalue weighted by Gasteiger charge is 2.48. The molecule has 1 heterocycles. The predicted molar refractivity (Wildman–Crippen MR) is 210 cm³/mol. The van der Waals surface area contributed by atoms with Crippen LogP contribution in [-0.2, 0) is 66.5 Å². The maximum atomic E-state index is 11.5. The molecule has 0 aliphatic carbocycles.